The molecule has 19 heavy (non-hydrogen) atoms. The molecule has 0 aliphatic heterocycles. The van der Waals surface area contributed by atoms with Crippen molar-refractivity contribution in [2.24, 2.45) is 0 Å². The van der Waals surface area contributed by atoms with E-state index in [1.165, 1.54) is 0 Å². The molecule has 0 saturated carbocycles. The molecule has 1 amide bonds. The zero-order valence-corrected chi connectivity index (χ0v) is 14.4. The largest absolute Gasteiger partial charge is 1.00 e. The maximum atomic E-state index is 11.6. The van der Waals surface area contributed by atoms with Crippen molar-refractivity contribution in [3.05, 3.63) is 29.8 Å². The number of benzene rings is 1. The van der Waals surface area contributed by atoms with Crippen molar-refractivity contribution < 1.29 is 48.7 Å². The number of thiol groups is 1. The molecule has 1 aromatic rings. The van der Waals surface area contributed by atoms with Crippen LogP contribution >= 0.6 is 12.6 Å². The minimum Gasteiger partial charge on any atom is -1.00 e. The summed E-state index contributed by atoms with van der Waals surface area (Å²) >= 11 is 4.11. The summed E-state index contributed by atoms with van der Waals surface area (Å²) in [6, 6.07) is 6.76. The molecule has 0 aliphatic carbocycles. The fourth-order valence-corrected chi connectivity index (χ4v) is 2.04. The Labute approximate surface area is 142 Å². The number of carbonyl (C=O) groups is 1. The van der Waals surface area contributed by atoms with Gasteiger partial charge in [0.15, 0.2) is 0 Å². The number of amides is 1. The first-order valence-electron chi connectivity index (χ1n) is 5.41. The SMILES string of the molecule is O=C(NCCCCS(=O)(=O)O)c1ccc(S)cc1.[H-].[Na+]. The van der Waals surface area contributed by atoms with Gasteiger partial charge in [0.05, 0.1) is 5.75 Å². The molecule has 1 rings (SSSR count). The Morgan fingerprint density at radius 1 is 1.26 bits per heavy atom. The van der Waals surface area contributed by atoms with Gasteiger partial charge >= 0.3 is 29.6 Å². The van der Waals surface area contributed by atoms with E-state index in [1.54, 1.807) is 24.3 Å². The molecule has 0 aliphatic rings. The van der Waals surface area contributed by atoms with Crippen molar-refractivity contribution in [1.29, 1.82) is 0 Å². The smallest absolute Gasteiger partial charge is 1.00 e. The molecule has 0 bridgehead atoms. The van der Waals surface area contributed by atoms with E-state index >= 15 is 0 Å². The second kappa shape index (κ2) is 8.99. The molecule has 0 fully saturated rings. The van der Waals surface area contributed by atoms with Gasteiger partial charge in [-0.15, -0.1) is 12.6 Å². The Hall–Kier alpha value is -0.0500. The van der Waals surface area contributed by atoms with Crippen molar-refractivity contribution in [2.45, 2.75) is 17.7 Å². The van der Waals surface area contributed by atoms with E-state index in [0.29, 0.717) is 24.9 Å². The van der Waals surface area contributed by atoms with Gasteiger partial charge in [-0.1, -0.05) is 0 Å². The van der Waals surface area contributed by atoms with E-state index in [2.05, 4.69) is 17.9 Å². The van der Waals surface area contributed by atoms with Crippen molar-refractivity contribution in [1.82, 2.24) is 5.32 Å². The van der Waals surface area contributed by atoms with Gasteiger partial charge in [0.1, 0.15) is 0 Å². The van der Waals surface area contributed by atoms with Gasteiger partial charge in [-0.2, -0.15) is 8.42 Å². The fraction of sp³-hybridized carbons (Fsp3) is 0.364. The first-order valence-corrected chi connectivity index (χ1v) is 7.46. The van der Waals surface area contributed by atoms with Crippen molar-refractivity contribution in [3.8, 4) is 0 Å². The topological polar surface area (TPSA) is 83.5 Å². The van der Waals surface area contributed by atoms with Gasteiger partial charge in [0.2, 0.25) is 0 Å². The van der Waals surface area contributed by atoms with E-state index in [-0.39, 0.29) is 42.6 Å². The predicted octanol–water partition coefficient (Wildman–Crippen LogP) is -1.51. The van der Waals surface area contributed by atoms with Crippen LogP contribution in [-0.4, -0.2) is 31.2 Å². The summed E-state index contributed by atoms with van der Waals surface area (Å²) in [4.78, 5) is 12.4. The van der Waals surface area contributed by atoms with Crippen molar-refractivity contribution in [2.75, 3.05) is 12.3 Å². The number of hydrogen-bond donors (Lipinski definition) is 3. The molecular formula is C11H16NNaO4S2. The van der Waals surface area contributed by atoms with Gasteiger partial charge in [0, 0.05) is 17.0 Å². The van der Waals surface area contributed by atoms with Gasteiger partial charge in [-0.05, 0) is 37.1 Å². The Morgan fingerprint density at radius 2 is 1.84 bits per heavy atom. The molecule has 102 valence electrons. The average Bonchev–Trinajstić information content (AvgIpc) is 2.27. The Kier molecular flexibility index (Phi) is 8.97. The molecule has 1 aromatic carbocycles. The quantitative estimate of drug-likeness (QED) is 0.258. The van der Waals surface area contributed by atoms with Crippen molar-refractivity contribution in [3.63, 3.8) is 0 Å². The summed E-state index contributed by atoms with van der Waals surface area (Å²) in [5, 5.41) is 2.66. The summed E-state index contributed by atoms with van der Waals surface area (Å²) < 4.78 is 29.4. The van der Waals surface area contributed by atoms with E-state index in [1.807, 2.05) is 0 Å². The van der Waals surface area contributed by atoms with Crippen LogP contribution in [0.1, 0.15) is 24.6 Å². The van der Waals surface area contributed by atoms with Gasteiger partial charge in [-0.3, -0.25) is 9.35 Å². The van der Waals surface area contributed by atoms with E-state index < -0.39 is 10.1 Å². The van der Waals surface area contributed by atoms with E-state index in [0.717, 1.165) is 4.90 Å². The van der Waals surface area contributed by atoms with Gasteiger partial charge in [0.25, 0.3) is 16.0 Å². The van der Waals surface area contributed by atoms with Crippen LogP contribution in [0.5, 0.6) is 0 Å². The Balaban J connectivity index is 0. The zero-order valence-electron chi connectivity index (χ0n) is 11.7. The summed E-state index contributed by atoms with van der Waals surface area (Å²) in [6.45, 7) is 0.372. The molecule has 0 unspecified atom stereocenters. The second-order valence-electron chi connectivity index (χ2n) is 3.80. The van der Waals surface area contributed by atoms with Crippen LogP contribution in [0.2, 0.25) is 0 Å². The average molecular weight is 313 g/mol. The Morgan fingerprint density at radius 3 is 2.37 bits per heavy atom. The number of nitrogens with one attached hydrogen (secondary N) is 1. The monoisotopic (exact) mass is 313 g/mol. The Bertz CT molecular complexity index is 508. The van der Waals surface area contributed by atoms with Crippen molar-refractivity contribution >= 4 is 28.7 Å². The van der Waals surface area contributed by atoms with Crippen LogP contribution in [0, 0.1) is 0 Å². The molecule has 0 atom stereocenters. The standard InChI is InChI=1S/C11H15NO4S2.Na.H/c13-11(9-3-5-10(17)6-4-9)12-7-1-2-8-18(14,15)16;;/h3-6,17H,1-2,7-8H2,(H,12,13)(H,14,15,16);;/q;+1;-1. The number of rotatable bonds is 6. The summed E-state index contributed by atoms with van der Waals surface area (Å²) in [7, 11) is -3.90. The maximum absolute atomic E-state index is 11.6. The minimum atomic E-state index is -3.90. The molecule has 0 spiro atoms. The first kappa shape index (κ1) is 18.9. The van der Waals surface area contributed by atoms with Gasteiger partial charge < -0.3 is 6.74 Å². The fourth-order valence-electron chi connectivity index (χ4n) is 1.33. The van der Waals surface area contributed by atoms with E-state index in [4.69, 9.17) is 4.55 Å². The predicted molar refractivity (Wildman–Crippen MR) is 72.8 cm³/mol. The van der Waals surface area contributed by atoms with Gasteiger partial charge in [-0.25, -0.2) is 0 Å². The third-order valence-electron chi connectivity index (χ3n) is 2.24. The summed E-state index contributed by atoms with van der Waals surface area (Å²) in [5.74, 6) is -0.493. The molecule has 0 heterocycles. The molecule has 0 radical (unpaired) electrons. The number of hydrogen-bond acceptors (Lipinski definition) is 4. The van der Waals surface area contributed by atoms with Crippen LogP contribution in [0.4, 0.5) is 0 Å². The molecule has 5 nitrogen and oxygen atoms in total. The minimum absolute atomic E-state index is 0. The molecule has 0 saturated heterocycles. The first-order chi connectivity index (χ1) is 8.38. The maximum Gasteiger partial charge on any atom is 1.00 e. The molecule has 8 heteroatoms. The molecular weight excluding hydrogens is 297 g/mol. The number of unbranched alkanes of at least 4 members (excludes halogenated alkanes) is 1. The normalized spacial score (nSPS) is 10.6. The second-order valence-corrected chi connectivity index (χ2v) is 5.88. The van der Waals surface area contributed by atoms with Crippen LogP contribution in [0.25, 0.3) is 0 Å². The third-order valence-corrected chi connectivity index (χ3v) is 3.35. The summed E-state index contributed by atoms with van der Waals surface area (Å²) in [5.41, 5.74) is 0.530. The third kappa shape index (κ3) is 8.67. The van der Waals surface area contributed by atoms with Crippen LogP contribution in [0.15, 0.2) is 29.2 Å². The summed E-state index contributed by atoms with van der Waals surface area (Å²) in [6.07, 6.45) is 0.810. The van der Waals surface area contributed by atoms with Crippen LogP contribution in [-0.2, 0) is 10.1 Å². The molecule has 2 N–H and O–H groups in total. The van der Waals surface area contributed by atoms with E-state index in [9.17, 15) is 13.2 Å². The molecule has 0 aromatic heterocycles. The van der Waals surface area contributed by atoms with Crippen LogP contribution in [0.3, 0.4) is 0 Å². The number of carbonyl (C=O) groups excluding carboxylic acids is 1. The zero-order chi connectivity index (χ0) is 13.6. The van der Waals surface area contributed by atoms with Crippen LogP contribution < -0.4 is 34.9 Å².